The van der Waals surface area contributed by atoms with Crippen LogP contribution < -0.4 is 5.32 Å². The number of hydrogen-bond donors (Lipinski definition) is 2. The summed E-state index contributed by atoms with van der Waals surface area (Å²) in [4.78, 5) is 16.6. The van der Waals surface area contributed by atoms with Gasteiger partial charge in [-0.25, -0.2) is 4.98 Å². The molecule has 0 unspecified atom stereocenters. The highest BCUT2D eigenvalue weighted by atomic mass is 16.1. The van der Waals surface area contributed by atoms with Crippen molar-refractivity contribution in [2.75, 3.05) is 5.32 Å². The Morgan fingerprint density at radius 2 is 1.82 bits per heavy atom. The third-order valence-corrected chi connectivity index (χ3v) is 4.48. The van der Waals surface area contributed by atoms with Crippen molar-refractivity contribution in [2.45, 2.75) is 20.4 Å². The zero-order chi connectivity index (χ0) is 19.5. The van der Waals surface area contributed by atoms with Crippen LogP contribution in [0.1, 0.15) is 27.3 Å². The summed E-state index contributed by atoms with van der Waals surface area (Å²) in [5.74, 6) is 0.543. The van der Waals surface area contributed by atoms with E-state index < -0.39 is 0 Å². The van der Waals surface area contributed by atoms with Crippen molar-refractivity contribution in [1.82, 2.24) is 25.0 Å². The Hall–Kier alpha value is -3.74. The molecule has 7 nitrogen and oxygen atoms in total. The van der Waals surface area contributed by atoms with E-state index in [1.807, 2.05) is 67.1 Å². The fraction of sp³-hybridized carbons (Fsp3) is 0.143. The van der Waals surface area contributed by atoms with Gasteiger partial charge in [0.2, 0.25) is 0 Å². The minimum Gasteiger partial charge on any atom is -0.322 e. The second-order valence-electron chi connectivity index (χ2n) is 6.65. The number of nitrogens with zero attached hydrogens (tertiary/aromatic N) is 4. The van der Waals surface area contributed by atoms with Crippen LogP contribution in [-0.4, -0.2) is 30.9 Å². The minimum atomic E-state index is -0.148. The van der Waals surface area contributed by atoms with Gasteiger partial charge in [-0.3, -0.25) is 14.6 Å². The molecule has 2 aromatic heterocycles. The number of benzene rings is 2. The van der Waals surface area contributed by atoms with Crippen LogP contribution >= 0.6 is 0 Å². The number of aromatic nitrogens is 5. The predicted octanol–water partition coefficient (Wildman–Crippen LogP) is 3.59. The van der Waals surface area contributed by atoms with Gasteiger partial charge in [0.05, 0.1) is 12.2 Å². The average molecular weight is 372 g/mol. The maximum absolute atomic E-state index is 12.5. The summed E-state index contributed by atoms with van der Waals surface area (Å²) < 4.78 is 1.96. The number of carbonyl (C=O) groups excluding carboxylic acids is 1. The van der Waals surface area contributed by atoms with Gasteiger partial charge < -0.3 is 5.32 Å². The van der Waals surface area contributed by atoms with E-state index in [1.165, 1.54) is 6.33 Å². The van der Waals surface area contributed by atoms with Crippen LogP contribution in [0.15, 0.2) is 60.9 Å². The molecule has 2 aromatic carbocycles. The summed E-state index contributed by atoms with van der Waals surface area (Å²) in [7, 11) is 0. The van der Waals surface area contributed by atoms with E-state index in [4.69, 9.17) is 0 Å². The van der Waals surface area contributed by atoms with Crippen molar-refractivity contribution < 1.29 is 4.79 Å². The van der Waals surface area contributed by atoms with Crippen LogP contribution in [0, 0.1) is 13.8 Å². The number of amides is 1. The fourth-order valence-corrected chi connectivity index (χ4v) is 3.03. The number of rotatable bonds is 5. The monoisotopic (exact) mass is 372 g/mol. The molecule has 0 aliphatic heterocycles. The summed E-state index contributed by atoms with van der Waals surface area (Å²) in [6, 6.07) is 17.1. The number of carbonyl (C=O) groups is 1. The Kier molecular flexibility index (Phi) is 4.72. The van der Waals surface area contributed by atoms with Gasteiger partial charge in [-0.1, -0.05) is 12.1 Å². The van der Waals surface area contributed by atoms with E-state index >= 15 is 0 Å². The van der Waals surface area contributed by atoms with Gasteiger partial charge in [0.15, 0.2) is 5.82 Å². The lowest BCUT2D eigenvalue weighted by atomic mass is 10.1. The van der Waals surface area contributed by atoms with Gasteiger partial charge in [0.1, 0.15) is 6.33 Å². The molecule has 2 heterocycles. The normalized spacial score (nSPS) is 10.8. The number of anilines is 1. The smallest absolute Gasteiger partial charge is 0.255 e. The summed E-state index contributed by atoms with van der Waals surface area (Å²) in [5.41, 5.74) is 5.45. The summed E-state index contributed by atoms with van der Waals surface area (Å²) >= 11 is 0. The molecular formula is C21H20N6O. The molecule has 0 bridgehead atoms. The van der Waals surface area contributed by atoms with E-state index in [1.54, 1.807) is 0 Å². The first-order valence-electron chi connectivity index (χ1n) is 8.95. The third-order valence-electron chi connectivity index (χ3n) is 4.48. The molecular weight excluding hydrogens is 352 g/mol. The molecule has 0 saturated heterocycles. The number of aromatic amines is 1. The first-order chi connectivity index (χ1) is 13.6. The molecule has 0 atom stereocenters. The summed E-state index contributed by atoms with van der Waals surface area (Å²) in [6.45, 7) is 4.70. The molecule has 4 rings (SSSR count). The lowest BCUT2D eigenvalue weighted by Gasteiger charge is -2.08. The largest absolute Gasteiger partial charge is 0.322 e. The number of nitrogens with one attached hydrogen (secondary N) is 2. The molecule has 140 valence electrons. The van der Waals surface area contributed by atoms with Crippen molar-refractivity contribution >= 4 is 11.6 Å². The van der Waals surface area contributed by atoms with E-state index in [0.29, 0.717) is 17.9 Å². The SMILES string of the molecule is Cc1cc(C)n(Cc2ccc(C(=O)Nc3ccc(-c4ncn[nH]4)cc3)cc2)n1. The molecule has 2 N–H and O–H groups in total. The fourth-order valence-electron chi connectivity index (χ4n) is 3.03. The van der Waals surface area contributed by atoms with Crippen molar-refractivity contribution in [3.63, 3.8) is 0 Å². The van der Waals surface area contributed by atoms with Gasteiger partial charge >= 0.3 is 0 Å². The van der Waals surface area contributed by atoms with Crippen molar-refractivity contribution in [3.05, 3.63) is 83.4 Å². The first kappa shape index (κ1) is 17.7. The topological polar surface area (TPSA) is 88.5 Å². The highest BCUT2D eigenvalue weighted by molar-refractivity contribution is 6.04. The van der Waals surface area contributed by atoms with Crippen LogP contribution in [0.2, 0.25) is 0 Å². The van der Waals surface area contributed by atoms with Gasteiger partial charge in [0.25, 0.3) is 5.91 Å². The molecule has 28 heavy (non-hydrogen) atoms. The number of aryl methyl sites for hydroxylation is 2. The van der Waals surface area contributed by atoms with Crippen LogP contribution in [0.5, 0.6) is 0 Å². The van der Waals surface area contributed by atoms with Gasteiger partial charge in [-0.2, -0.15) is 10.2 Å². The van der Waals surface area contributed by atoms with Gasteiger partial charge in [0, 0.05) is 22.5 Å². The maximum Gasteiger partial charge on any atom is 0.255 e. The highest BCUT2D eigenvalue weighted by Gasteiger charge is 2.08. The molecule has 4 aromatic rings. The zero-order valence-corrected chi connectivity index (χ0v) is 15.7. The molecule has 0 saturated carbocycles. The molecule has 0 aliphatic carbocycles. The van der Waals surface area contributed by atoms with E-state index in [-0.39, 0.29) is 5.91 Å². The average Bonchev–Trinajstić information content (AvgIpc) is 3.33. The van der Waals surface area contributed by atoms with Crippen molar-refractivity contribution in [2.24, 2.45) is 0 Å². The highest BCUT2D eigenvalue weighted by Crippen LogP contribution is 2.18. The van der Waals surface area contributed by atoms with Crippen LogP contribution in [-0.2, 0) is 6.54 Å². The molecule has 0 spiro atoms. The van der Waals surface area contributed by atoms with Gasteiger partial charge in [-0.05, 0) is 61.9 Å². The molecule has 1 amide bonds. The molecule has 7 heteroatoms. The summed E-state index contributed by atoms with van der Waals surface area (Å²) in [6.07, 6.45) is 1.46. The second kappa shape index (κ2) is 7.48. The number of H-pyrrole nitrogens is 1. The van der Waals surface area contributed by atoms with E-state index in [2.05, 4.69) is 31.7 Å². The lowest BCUT2D eigenvalue weighted by Crippen LogP contribution is -2.12. The Bertz CT molecular complexity index is 1080. The van der Waals surface area contributed by atoms with E-state index in [0.717, 1.165) is 28.2 Å². The predicted molar refractivity (Wildman–Crippen MR) is 107 cm³/mol. The summed E-state index contributed by atoms with van der Waals surface area (Å²) in [5, 5.41) is 14.0. The zero-order valence-electron chi connectivity index (χ0n) is 15.7. The maximum atomic E-state index is 12.5. The molecule has 0 radical (unpaired) electrons. The Morgan fingerprint density at radius 1 is 1.07 bits per heavy atom. The second-order valence-corrected chi connectivity index (χ2v) is 6.65. The number of hydrogen-bond acceptors (Lipinski definition) is 4. The Labute approximate surface area is 162 Å². The minimum absolute atomic E-state index is 0.148. The molecule has 0 fully saturated rings. The molecule has 0 aliphatic rings. The third kappa shape index (κ3) is 3.83. The Morgan fingerprint density at radius 3 is 2.43 bits per heavy atom. The van der Waals surface area contributed by atoms with Crippen molar-refractivity contribution in [1.29, 1.82) is 0 Å². The Balaban J connectivity index is 1.41. The van der Waals surface area contributed by atoms with E-state index in [9.17, 15) is 4.79 Å². The quantitative estimate of drug-likeness (QED) is 0.560. The lowest BCUT2D eigenvalue weighted by molar-refractivity contribution is 0.102. The first-order valence-corrected chi connectivity index (χ1v) is 8.95. The van der Waals surface area contributed by atoms with Crippen LogP contribution in [0.25, 0.3) is 11.4 Å². The van der Waals surface area contributed by atoms with Crippen LogP contribution in [0.4, 0.5) is 5.69 Å². The van der Waals surface area contributed by atoms with Crippen LogP contribution in [0.3, 0.4) is 0 Å². The standard InChI is InChI=1S/C21H20N6O/c1-14-11-15(2)27(26-14)12-16-3-5-18(6-4-16)21(28)24-19-9-7-17(8-10-19)20-22-13-23-25-20/h3-11,13H,12H2,1-2H3,(H,24,28)(H,22,23,25). The van der Waals surface area contributed by atoms with Gasteiger partial charge in [-0.15, -0.1) is 0 Å². The van der Waals surface area contributed by atoms with Crippen molar-refractivity contribution in [3.8, 4) is 11.4 Å².